The standard InChI is InChI=1S/C37H39FN2O10S/c1-3-49-37(44)32(42)20-31(41)26-6-4-5-23(17-26)21-48-16-15-47-14-13-40-51(45,46)22-27-18-33-30(19-29(27)24-7-8-24)34(36(43)39-2)35(50-33)25-9-11-28(38)12-10-25/h4-6,9-12,17-20,24,40,42H,3,7-8,13-16,21-22H2,1-2H3,(H,39,43)/b32-20-. The zero-order valence-electron chi connectivity index (χ0n) is 28.2. The number of allylic oxidation sites excluding steroid dienone is 1. The van der Waals surface area contributed by atoms with Gasteiger partial charge in [0.15, 0.2) is 5.78 Å². The van der Waals surface area contributed by atoms with Gasteiger partial charge < -0.3 is 29.1 Å². The van der Waals surface area contributed by atoms with Crippen molar-refractivity contribution in [3.8, 4) is 11.3 Å². The first kappa shape index (κ1) is 37.4. The Kier molecular flexibility index (Phi) is 12.4. The lowest BCUT2D eigenvalue weighted by Crippen LogP contribution is -2.29. The van der Waals surface area contributed by atoms with Gasteiger partial charge in [-0.25, -0.2) is 22.3 Å². The van der Waals surface area contributed by atoms with E-state index >= 15 is 0 Å². The first-order valence-corrected chi connectivity index (χ1v) is 18.1. The number of amides is 1. The molecule has 12 nitrogen and oxygen atoms in total. The molecule has 1 heterocycles. The molecule has 0 saturated heterocycles. The number of sulfonamides is 1. The van der Waals surface area contributed by atoms with Gasteiger partial charge in [-0.2, -0.15) is 0 Å². The van der Waals surface area contributed by atoms with Crippen molar-refractivity contribution in [2.24, 2.45) is 0 Å². The van der Waals surface area contributed by atoms with Crippen LogP contribution in [-0.2, 0) is 41.4 Å². The maximum absolute atomic E-state index is 13.6. The zero-order valence-corrected chi connectivity index (χ0v) is 29.0. The van der Waals surface area contributed by atoms with Crippen molar-refractivity contribution in [3.05, 3.63) is 106 Å². The molecule has 1 aliphatic rings. The van der Waals surface area contributed by atoms with E-state index in [1.165, 1.54) is 31.3 Å². The second kappa shape index (κ2) is 16.9. The number of carbonyl (C=O) groups excluding carboxylic acids is 3. The molecule has 3 N–H and O–H groups in total. The van der Waals surface area contributed by atoms with Crippen LogP contribution in [0.3, 0.4) is 0 Å². The molecule has 1 aromatic heterocycles. The molecule has 0 aliphatic heterocycles. The number of ether oxygens (including phenoxy) is 3. The third-order valence-electron chi connectivity index (χ3n) is 8.05. The molecule has 51 heavy (non-hydrogen) atoms. The number of hydrogen-bond donors (Lipinski definition) is 3. The van der Waals surface area contributed by atoms with Gasteiger partial charge >= 0.3 is 5.97 Å². The predicted molar refractivity (Wildman–Crippen MR) is 186 cm³/mol. The second-order valence-corrected chi connectivity index (χ2v) is 13.7. The van der Waals surface area contributed by atoms with Gasteiger partial charge in [0, 0.05) is 36.2 Å². The molecule has 0 bridgehead atoms. The molecule has 0 radical (unpaired) electrons. The Bertz CT molecular complexity index is 2040. The molecule has 1 amide bonds. The summed E-state index contributed by atoms with van der Waals surface area (Å²) in [6.45, 7) is 2.37. The summed E-state index contributed by atoms with van der Waals surface area (Å²) in [7, 11) is -2.26. The molecule has 1 fully saturated rings. The van der Waals surface area contributed by atoms with Crippen LogP contribution in [0.2, 0.25) is 0 Å². The summed E-state index contributed by atoms with van der Waals surface area (Å²) in [5.74, 6) is -2.96. The molecule has 5 rings (SSSR count). The maximum atomic E-state index is 13.6. The third kappa shape index (κ3) is 9.88. The van der Waals surface area contributed by atoms with Crippen LogP contribution in [0.15, 0.2) is 76.9 Å². The number of furan rings is 1. The summed E-state index contributed by atoms with van der Waals surface area (Å²) >= 11 is 0. The highest BCUT2D eigenvalue weighted by Crippen LogP contribution is 2.45. The van der Waals surface area contributed by atoms with E-state index in [1.54, 1.807) is 37.3 Å². The fourth-order valence-electron chi connectivity index (χ4n) is 5.48. The van der Waals surface area contributed by atoms with Crippen LogP contribution in [-0.4, -0.2) is 71.2 Å². The summed E-state index contributed by atoms with van der Waals surface area (Å²) in [4.78, 5) is 36.9. The number of nitrogens with one attached hydrogen (secondary N) is 2. The van der Waals surface area contributed by atoms with Crippen LogP contribution in [0.25, 0.3) is 22.3 Å². The number of carbonyl (C=O) groups is 3. The summed E-state index contributed by atoms with van der Waals surface area (Å²) in [6, 6.07) is 15.6. The Morgan fingerprint density at radius 1 is 1.02 bits per heavy atom. The second-order valence-electron chi connectivity index (χ2n) is 11.8. The number of hydrogen-bond acceptors (Lipinski definition) is 10. The minimum absolute atomic E-state index is 0.0376. The van der Waals surface area contributed by atoms with Gasteiger partial charge in [0.05, 0.1) is 44.4 Å². The summed E-state index contributed by atoms with van der Waals surface area (Å²) in [5, 5.41) is 12.9. The van der Waals surface area contributed by atoms with E-state index in [4.69, 9.17) is 13.9 Å². The van der Waals surface area contributed by atoms with Crippen molar-refractivity contribution >= 4 is 38.7 Å². The van der Waals surface area contributed by atoms with Gasteiger partial charge in [0.25, 0.3) is 5.91 Å². The Balaban J connectivity index is 1.12. The van der Waals surface area contributed by atoms with E-state index < -0.39 is 33.4 Å². The van der Waals surface area contributed by atoms with Gasteiger partial charge in [0.1, 0.15) is 17.2 Å². The summed E-state index contributed by atoms with van der Waals surface area (Å²) in [6.07, 6.45) is 2.62. The lowest BCUT2D eigenvalue weighted by Gasteiger charge is -2.12. The monoisotopic (exact) mass is 722 g/mol. The fourth-order valence-corrected chi connectivity index (χ4v) is 6.63. The number of rotatable bonds is 18. The minimum atomic E-state index is -3.77. The first-order chi connectivity index (χ1) is 24.5. The number of aliphatic hydroxyl groups is 1. The minimum Gasteiger partial charge on any atom is -0.502 e. The number of aliphatic hydroxyl groups excluding tert-OH is 1. The van der Waals surface area contributed by atoms with Gasteiger partial charge in [0.2, 0.25) is 15.8 Å². The molecule has 3 aromatic carbocycles. The third-order valence-corrected chi connectivity index (χ3v) is 9.38. The maximum Gasteiger partial charge on any atom is 0.373 e. The smallest absolute Gasteiger partial charge is 0.373 e. The Morgan fingerprint density at radius 3 is 2.47 bits per heavy atom. The fraction of sp³-hybridized carbons (Fsp3) is 0.324. The molecule has 1 saturated carbocycles. The average molecular weight is 723 g/mol. The van der Waals surface area contributed by atoms with Crippen molar-refractivity contribution in [2.45, 2.75) is 38.0 Å². The van der Waals surface area contributed by atoms with E-state index in [2.05, 4.69) is 14.8 Å². The molecule has 0 spiro atoms. The number of benzene rings is 3. The first-order valence-electron chi connectivity index (χ1n) is 16.4. The molecule has 1 aliphatic carbocycles. The molecule has 0 atom stereocenters. The lowest BCUT2D eigenvalue weighted by molar-refractivity contribution is -0.141. The van der Waals surface area contributed by atoms with Crippen LogP contribution < -0.4 is 10.0 Å². The van der Waals surface area contributed by atoms with Crippen molar-refractivity contribution in [2.75, 3.05) is 40.0 Å². The molecular formula is C37H39FN2O10S. The molecule has 4 aromatic rings. The van der Waals surface area contributed by atoms with Crippen LogP contribution in [0.5, 0.6) is 0 Å². The molecular weight excluding hydrogens is 683 g/mol. The molecule has 14 heteroatoms. The Morgan fingerprint density at radius 2 is 1.76 bits per heavy atom. The quantitative estimate of drug-likeness (QED) is 0.0402. The van der Waals surface area contributed by atoms with E-state index in [0.29, 0.717) is 33.2 Å². The number of fused-ring (bicyclic) bond motifs is 1. The lowest BCUT2D eigenvalue weighted by atomic mass is 9.98. The largest absolute Gasteiger partial charge is 0.502 e. The average Bonchev–Trinajstić information content (AvgIpc) is 3.89. The van der Waals surface area contributed by atoms with E-state index in [1.807, 2.05) is 6.07 Å². The van der Waals surface area contributed by atoms with Crippen molar-refractivity contribution in [3.63, 3.8) is 0 Å². The molecule has 270 valence electrons. The van der Waals surface area contributed by atoms with Crippen molar-refractivity contribution in [1.82, 2.24) is 10.0 Å². The number of halogens is 1. The van der Waals surface area contributed by atoms with Crippen molar-refractivity contribution < 1.29 is 50.9 Å². The highest BCUT2D eigenvalue weighted by atomic mass is 32.2. The summed E-state index contributed by atoms with van der Waals surface area (Å²) in [5.41, 5.74) is 3.55. The topological polar surface area (TPSA) is 170 Å². The predicted octanol–water partition coefficient (Wildman–Crippen LogP) is 5.32. The summed E-state index contributed by atoms with van der Waals surface area (Å²) < 4.78 is 64.3. The van der Waals surface area contributed by atoms with Crippen LogP contribution in [0, 0.1) is 5.82 Å². The van der Waals surface area contributed by atoms with Gasteiger partial charge in [-0.1, -0.05) is 18.2 Å². The van der Waals surface area contributed by atoms with Crippen molar-refractivity contribution in [1.29, 1.82) is 0 Å². The highest BCUT2D eigenvalue weighted by Gasteiger charge is 2.31. The van der Waals surface area contributed by atoms with Crippen LogP contribution in [0.4, 0.5) is 4.39 Å². The Labute approximate surface area is 294 Å². The normalized spacial score (nSPS) is 13.4. The van der Waals surface area contributed by atoms with E-state index in [-0.39, 0.29) is 68.5 Å². The van der Waals surface area contributed by atoms with Gasteiger partial charge in [-0.3, -0.25) is 9.59 Å². The Hall–Kier alpha value is -4.89. The van der Waals surface area contributed by atoms with E-state index in [0.717, 1.165) is 24.5 Å². The van der Waals surface area contributed by atoms with Crippen LogP contribution in [0.1, 0.15) is 63.1 Å². The number of ketones is 1. The highest BCUT2D eigenvalue weighted by molar-refractivity contribution is 7.88. The number of esters is 1. The van der Waals surface area contributed by atoms with Crippen LogP contribution >= 0.6 is 0 Å². The SMILES string of the molecule is CCOC(=O)/C(O)=C/C(=O)c1cccc(COCCOCCNS(=O)(=O)Cc2cc3oc(-c4ccc(F)cc4)c(C(=O)NC)c3cc2C2CC2)c1. The van der Waals surface area contributed by atoms with Gasteiger partial charge in [-0.05, 0) is 84.8 Å². The van der Waals surface area contributed by atoms with Gasteiger partial charge in [-0.15, -0.1) is 0 Å². The zero-order chi connectivity index (χ0) is 36.5. The molecule has 0 unspecified atom stereocenters. The van der Waals surface area contributed by atoms with E-state index in [9.17, 15) is 32.3 Å².